The molecule has 0 radical (unpaired) electrons. The third-order valence-corrected chi connectivity index (χ3v) is 3.17. The Morgan fingerprint density at radius 3 is 3.06 bits per heavy atom. The highest BCUT2D eigenvalue weighted by Gasteiger charge is 2.05. The maximum absolute atomic E-state index is 5.57. The van der Waals surface area contributed by atoms with Crippen molar-refractivity contribution >= 4 is 11.8 Å². The number of aryl methyl sites for hydroxylation is 1. The molecule has 0 atom stereocenters. The third-order valence-electron chi connectivity index (χ3n) is 2.16. The number of rotatable bonds is 4. The summed E-state index contributed by atoms with van der Waals surface area (Å²) >= 11 is 1.62. The zero-order valence-electron chi connectivity index (χ0n) is 9.13. The number of aromatic nitrogens is 3. The topological polar surface area (TPSA) is 56.7 Å². The average Bonchev–Trinajstić information content (AvgIpc) is 2.67. The minimum atomic E-state index is 0.645. The first-order valence-electron chi connectivity index (χ1n) is 5.10. The van der Waals surface area contributed by atoms with Crippen LogP contribution in [0.15, 0.2) is 40.6 Å². The highest BCUT2D eigenvalue weighted by molar-refractivity contribution is 7.99. The average molecular weight is 234 g/mol. The van der Waals surface area contributed by atoms with Crippen molar-refractivity contribution in [2.45, 2.75) is 16.3 Å². The van der Waals surface area contributed by atoms with E-state index in [0.717, 1.165) is 16.3 Å². The van der Waals surface area contributed by atoms with Crippen LogP contribution >= 0.6 is 11.8 Å². The molecule has 0 aliphatic heterocycles. The van der Waals surface area contributed by atoms with Crippen LogP contribution in [0.1, 0.15) is 5.56 Å². The second kappa shape index (κ2) is 5.14. The normalized spacial score (nSPS) is 10.6. The lowest BCUT2D eigenvalue weighted by Gasteiger charge is -2.04. The fourth-order valence-corrected chi connectivity index (χ4v) is 2.37. The van der Waals surface area contributed by atoms with Crippen LogP contribution < -0.4 is 5.73 Å². The molecule has 0 fully saturated rings. The van der Waals surface area contributed by atoms with Crippen LogP contribution in [-0.4, -0.2) is 21.3 Å². The van der Waals surface area contributed by atoms with Gasteiger partial charge in [0.1, 0.15) is 5.03 Å². The Labute approximate surface area is 98.9 Å². The third kappa shape index (κ3) is 2.62. The van der Waals surface area contributed by atoms with Crippen molar-refractivity contribution in [1.29, 1.82) is 0 Å². The van der Waals surface area contributed by atoms with Gasteiger partial charge in [0.2, 0.25) is 0 Å². The number of nitrogens with two attached hydrogens (primary N) is 1. The van der Waals surface area contributed by atoms with Gasteiger partial charge in [0.05, 0.1) is 11.1 Å². The second-order valence-corrected chi connectivity index (χ2v) is 4.52. The predicted octanol–water partition coefficient (Wildman–Crippen LogP) is 1.47. The summed E-state index contributed by atoms with van der Waals surface area (Å²) in [6.45, 7) is 0.645. The first-order chi connectivity index (χ1) is 7.79. The monoisotopic (exact) mass is 234 g/mol. The molecular weight excluding hydrogens is 220 g/mol. The molecule has 0 saturated heterocycles. The minimum absolute atomic E-state index is 0.645. The Kier molecular flexibility index (Phi) is 3.58. The highest BCUT2D eigenvalue weighted by Crippen LogP contribution is 2.27. The van der Waals surface area contributed by atoms with E-state index in [2.05, 4.69) is 16.1 Å². The Morgan fingerprint density at radius 2 is 2.38 bits per heavy atom. The second-order valence-electron chi connectivity index (χ2n) is 3.46. The molecule has 0 saturated carbocycles. The van der Waals surface area contributed by atoms with Crippen molar-refractivity contribution in [3.05, 3.63) is 36.3 Å². The van der Waals surface area contributed by atoms with Crippen LogP contribution in [0.4, 0.5) is 0 Å². The van der Waals surface area contributed by atoms with E-state index < -0.39 is 0 Å². The molecule has 0 aliphatic rings. The van der Waals surface area contributed by atoms with E-state index in [1.54, 1.807) is 22.6 Å². The summed E-state index contributed by atoms with van der Waals surface area (Å²) in [7, 11) is 1.91. The Morgan fingerprint density at radius 1 is 1.50 bits per heavy atom. The quantitative estimate of drug-likeness (QED) is 0.870. The van der Waals surface area contributed by atoms with Crippen molar-refractivity contribution in [3.8, 4) is 0 Å². The summed E-state index contributed by atoms with van der Waals surface area (Å²) in [5.41, 5.74) is 6.77. The van der Waals surface area contributed by atoms with Crippen LogP contribution in [0, 0.1) is 0 Å². The number of hydrogen-bond donors (Lipinski definition) is 1. The Bertz CT molecular complexity index is 467. The van der Waals surface area contributed by atoms with Crippen LogP contribution in [0.2, 0.25) is 0 Å². The number of hydrogen-bond acceptors (Lipinski definition) is 4. The number of pyridine rings is 1. The smallest absolute Gasteiger partial charge is 0.104 e. The summed E-state index contributed by atoms with van der Waals surface area (Å²) in [4.78, 5) is 5.47. The van der Waals surface area contributed by atoms with E-state index in [9.17, 15) is 0 Å². The molecule has 0 aromatic carbocycles. The van der Waals surface area contributed by atoms with Gasteiger partial charge in [-0.25, -0.2) is 4.98 Å². The minimum Gasteiger partial charge on any atom is -0.330 e. The van der Waals surface area contributed by atoms with E-state index in [4.69, 9.17) is 5.73 Å². The van der Waals surface area contributed by atoms with Crippen molar-refractivity contribution in [1.82, 2.24) is 14.8 Å². The maximum atomic E-state index is 5.57. The lowest BCUT2D eigenvalue weighted by molar-refractivity contribution is 0.766. The molecule has 2 N–H and O–H groups in total. The van der Waals surface area contributed by atoms with E-state index >= 15 is 0 Å². The van der Waals surface area contributed by atoms with Crippen molar-refractivity contribution in [2.24, 2.45) is 12.8 Å². The summed E-state index contributed by atoms with van der Waals surface area (Å²) in [5.74, 6) is 0. The standard InChI is InChI=1S/C11H14N4S/c1-15-8-10(7-14-15)16-11-9(4-5-12)3-2-6-13-11/h2-3,6-8H,4-5,12H2,1H3. The fraction of sp³-hybridized carbons (Fsp3) is 0.273. The molecule has 0 spiro atoms. The van der Waals surface area contributed by atoms with Crippen LogP contribution in [0.5, 0.6) is 0 Å². The lowest BCUT2D eigenvalue weighted by atomic mass is 10.2. The largest absolute Gasteiger partial charge is 0.330 e. The summed E-state index contributed by atoms with van der Waals surface area (Å²) in [6.07, 6.45) is 6.48. The molecule has 2 aromatic heterocycles. The highest BCUT2D eigenvalue weighted by atomic mass is 32.2. The van der Waals surface area contributed by atoms with E-state index in [1.165, 1.54) is 5.56 Å². The molecule has 0 aliphatic carbocycles. The fourth-order valence-electron chi connectivity index (χ4n) is 1.42. The molecule has 0 amide bonds. The molecule has 2 heterocycles. The lowest BCUT2D eigenvalue weighted by Crippen LogP contribution is -2.04. The van der Waals surface area contributed by atoms with Gasteiger partial charge in [-0.15, -0.1) is 0 Å². The molecule has 5 heteroatoms. The predicted molar refractivity (Wildman–Crippen MR) is 64.3 cm³/mol. The van der Waals surface area contributed by atoms with Gasteiger partial charge in [0.25, 0.3) is 0 Å². The molecule has 4 nitrogen and oxygen atoms in total. The Balaban J connectivity index is 2.20. The van der Waals surface area contributed by atoms with Crippen LogP contribution in [-0.2, 0) is 13.5 Å². The molecular formula is C11H14N4S. The molecule has 84 valence electrons. The van der Waals surface area contributed by atoms with Gasteiger partial charge in [-0.05, 0) is 24.6 Å². The summed E-state index contributed by atoms with van der Waals surface area (Å²) in [6, 6.07) is 4.01. The van der Waals surface area contributed by atoms with Crippen molar-refractivity contribution in [2.75, 3.05) is 6.54 Å². The maximum Gasteiger partial charge on any atom is 0.104 e. The molecule has 2 rings (SSSR count). The zero-order valence-corrected chi connectivity index (χ0v) is 9.94. The van der Waals surface area contributed by atoms with Gasteiger partial charge in [0.15, 0.2) is 0 Å². The zero-order chi connectivity index (χ0) is 11.4. The van der Waals surface area contributed by atoms with Crippen LogP contribution in [0.3, 0.4) is 0 Å². The number of nitrogens with zero attached hydrogens (tertiary/aromatic N) is 3. The SMILES string of the molecule is Cn1cc(Sc2ncccc2CCN)cn1. The molecule has 2 aromatic rings. The van der Waals surface area contributed by atoms with Gasteiger partial charge >= 0.3 is 0 Å². The first kappa shape index (κ1) is 11.2. The Hall–Kier alpha value is -1.33. The summed E-state index contributed by atoms with van der Waals surface area (Å²) in [5, 5.41) is 5.15. The van der Waals surface area contributed by atoms with Gasteiger partial charge in [-0.3, -0.25) is 4.68 Å². The van der Waals surface area contributed by atoms with E-state index in [-0.39, 0.29) is 0 Å². The van der Waals surface area contributed by atoms with Gasteiger partial charge in [0, 0.05) is 19.4 Å². The summed E-state index contributed by atoms with van der Waals surface area (Å²) < 4.78 is 1.79. The first-order valence-corrected chi connectivity index (χ1v) is 5.91. The molecule has 16 heavy (non-hydrogen) atoms. The van der Waals surface area contributed by atoms with Gasteiger partial charge in [-0.2, -0.15) is 5.10 Å². The molecule has 0 bridgehead atoms. The van der Waals surface area contributed by atoms with E-state index in [0.29, 0.717) is 6.54 Å². The van der Waals surface area contributed by atoms with Crippen molar-refractivity contribution in [3.63, 3.8) is 0 Å². The van der Waals surface area contributed by atoms with E-state index in [1.807, 2.05) is 25.5 Å². The van der Waals surface area contributed by atoms with Gasteiger partial charge in [-0.1, -0.05) is 17.8 Å². The molecule has 0 unspecified atom stereocenters. The van der Waals surface area contributed by atoms with Crippen molar-refractivity contribution < 1.29 is 0 Å². The van der Waals surface area contributed by atoms with Crippen LogP contribution in [0.25, 0.3) is 0 Å². The van der Waals surface area contributed by atoms with Gasteiger partial charge < -0.3 is 5.73 Å².